The maximum Gasteiger partial charge on any atom is 0.243 e. The number of rotatable bonds is 10. The number of halogens is 1. The van der Waals surface area contributed by atoms with Gasteiger partial charge in [-0.15, -0.1) is 0 Å². The first-order chi connectivity index (χ1) is 14.6. The molecule has 1 heterocycles. The van der Waals surface area contributed by atoms with E-state index in [1.807, 2.05) is 42.5 Å². The Balaban J connectivity index is 1.53. The van der Waals surface area contributed by atoms with E-state index in [4.69, 9.17) is 9.94 Å². The maximum atomic E-state index is 13.9. The lowest BCUT2D eigenvalue weighted by Gasteiger charge is -2.10. The highest BCUT2D eigenvalue weighted by Crippen LogP contribution is 2.24. The van der Waals surface area contributed by atoms with Gasteiger partial charge in [0.25, 0.3) is 0 Å². The van der Waals surface area contributed by atoms with Crippen molar-refractivity contribution in [2.75, 3.05) is 17.2 Å². The van der Waals surface area contributed by atoms with E-state index in [9.17, 15) is 9.18 Å². The van der Waals surface area contributed by atoms with Crippen LogP contribution < -0.4 is 20.9 Å². The van der Waals surface area contributed by atoms with Gasteiger partial charge in [0.15, 0.2) is 11.6 Å². The number of aromatic nitrogens is 2. The van der Waals surface area contributed by atoms with Crippen molar-refractivity contribution in [2.24, 2.45) is 0 Å². The van der Waals surface area contributed by atoms with Gasteiger partial charge in [-0.1, -0.05) is 18.2 Å². The highest BCUT2D eigenvalue weighted by molar-refractivity contribution is 5.74. The lowest BCUT2D eigenvalue weighted by Crippen LogP contribution is -2.18. The number of carbonyl (C=O) groups excluding carboxylic acids is 1. The fraction of sp³-hybridized carbons (Fsp3) is 0.190. The number of benzene rings is 2. The van der Waals surface area contributed by atoms with E-state index in [1.54, 1.807) is 17.6 Å². The topological polar surface area (TPSA) is 108 Å². The van der Waals surface area contributed by atoms with Gasteiger partial charge in [-0.25, -0.2) is 14.9 Å². The van der Waals surface area contributed by atoms with Crippen LogP contribution in [0, 0.1) is 5.82 Å². The van der Waals surface area contributed by atoms with Crippen molar-refractivity contribution in [3.8, 4) is 11.5 Å². The van der Waals surface area contributed by atoms with Crippen LogP contribution >= 0.6 is 0 Å². The Hall–Kier alpha value is -3.72. The second kappa shape index (κ2) is 10.7. The molecule has 8 nitrogen and oxygen atoms in total. The minimum atomic E-state index is -0.569. The van der Waals surface area contributed by atoms with Crippen molar-refractivity contribution in [2.45, 2.75) is 19.3 Å². The van der Waals surface area contributed by atoms with Gasteiger partial charge in [-0.3, -0.25) is 10.0 Å². The zero-order valence-corrected chi connectivity index (χ0v) is 16.1. The summed E-state index contributed by atoms with van der Waals surface area (Å²) in [5.74, 6) is 0.727. The smallest absolute Gasteiger partial charge is 0.243 e. The number of carbonyl (C=O) groups is 1. The normalized spacial score (nSPS) is 10.3. The van der Waals surface area contributed by atoms with E-state index in [0.29, 0.717) is 25.1 Å². The number of nitrogens with one attached hydrogen (secondary N) is 3. The second-order valence-corrected chi connectivity index (χ2v) is 6.37. The third-order valence-electron chi connectivity index (χ3n) is 4.08. The third kappa shape index (κ3) is 6.42. The van der Waals surface area contributed by atoms with Crippen LogP contribution in [0.5, 0.6) is 11.5 Å². The standard InChI is InChI=1S/C21H22FN5O3/c22-18-14-24-21(26-20(18)23-13-5-4-8-19(28)27-29)25-15-9-11-17(12-10-15)30-16-6-2-1-3-7-16/h1-3,6-7,9-12,14,29H,4-5,8,13H2,(H,27,28)(H2,23,24,25,26). The minimum Gasteiger partial charge on any atom is -0.457 e. The molecule has 0 unspecified atom stereocenters. The maximum absolute atomic E-state index is 13.9. The lowest BCUT2D eigenvalue weighted by atomic mass is 10.2. The molecule has 0 atom stereocenters. The number of hydroxylamine groups is 1. The molecule has 0 radical (unpaired) electrons. The molecule has 0 aliphatic heterocycles. The fourth-order valence-corrected chi connectivity index (χ4v) is 2.58. The molecule has 4 N–H and O–H groups in total. The van der Waals surface area contributed by atoms with Crippen LogP contribution in [0.1, 0.15) is 19.3 Å². The Morgan fingerprint density at radius 1 is 1.03 bits per heavy atom. The van der Waals surface area contributed by atoms with Crippen molar-refractivity contribution in [1.29, 1.82) is 0 Å². The first kappa shape index (κ1) is 21.0. The molecule has 3 aromatic rings. The van der Waals surface area contributed by atoms with Gasteiger partial charge in [0, 0.05) is 18.7 Å². The molecule has 1 aromatic heterocycles. The zero-order valence-electron chi connectivity index (χ0n) is 16.1. The average molecular weight is 411 g/mol. The number of anilines is 3. The molecule has 0 aliphatic carbocycles. The summed E-state index contributed by atoms with van der Waals surface area (Å²) in [6, 6.07) is 16.7. The molecule has 3 rings (SSSR count). The molecule has 0 aliphatic rings. The molecule has 0 fully saturated rings. The van der Waals surface area contributed by atoms with Crippen molar-refractivity contribution < 1.29 is 19.1 Å². The molecule has 0 saturated heterocycles. The molecule has 0 bridgehead atoms. The van der Waals surface area contributed by atoms with Crippen molar-refractivity contribution in [3.63, 3.8) is 0 Å². The van der Waals surface area contributed by atoms with E-state index in [0.717, 1.165) is 17.6 Å². The summed E-state index contributed by atoms with van der Waals surface area (Å²) in [5.41, 5.74) is 2.30. The van der Waals surface area contributed by atoms with Gasteiger partial charge in [0.05, 0.1) is 6.20 Å². The fourth-order valence-electron chi connectivity index (χ4n) is 2.58. The molecule has 0 spiro atoms. The summed E-state index contributed by atoms with van der Waals surface area (Å²) >= 11 is 0. The zero-order chi connectivity index (χ0) is 21.2. The molecule has 156 valence electrons. The van der Waals surface area contributed by atoms with Gasteiger partial charge in [0.1, 0.15) is 11.5 Å². The molecular weight excluding hydrogens is 389 g/mol. The quantitative estimate of drug-likeness (QED) is 0.224. The number of hydrogen-bond acceptors (Lipinski definition) is 7. The highest BCUT2D eigenvalue weighted by Gasteiger charge is 2.08. The molecular formula is C21H22FN5O3. The Morgan fingerprint density at radius 3 is 2.50 bits per heavy atom. The van der Waals surface area contributed by atoms with Gasteiger partial charge in [0.2, 0.25) is 11.9 Å². The Morgan fingerprint density at radius 2 is 1.77 bits per heavy atom. The van der Waals surface area contributed by atoms with Gasteiger partial charge < -0.3 is 15.4 Å². The number of ether oxygens (including phenoxy) is 1. The van der Waals surface area contributed by atoms with E-state index >= 15 is 0 Å². The molecule has 0 saturated carbocycles. The van der Waals surface area contributed by atoms with E-state index in [1.165, 1.54) is 0 Å². The van der Waals surface area contributed by atoms with Gasteiger partial charge in [-0.05, 0) is 49.2 Å². The van der Waals surface area contributed by atoms with E-state index < -0.39 is 11.7 Å². The SMILES string of the molecule is O=C(CCCCNc1nc(Nc2ccc(Oc3ccccc3)cc2)ncc1F)NO. The monoisotopic (exact) mass is 411 g/mol. The van der Waals surface area contributed by atoms with Crippen LogP contribution in [0.15, 0.2) is 60.8 Å². The van der Waals surface area contributed by atoms with E-state index in [-0.39, 0.29) is 18.2 Å². The van der Waals surface area contributed by atoms with Crippen LogP contribution in [0.3, 0.4) is 0 Å². The molecule has 1 amide bonds. The van der Waals surface area contributed by atoms with Crippen molar-refractivity contribution in [1.82, 2.24) is 15.4 Å². The number of amides is 1. The van der Waals surface area contributed by atoms with Crippen LogP contribution in [0.2, 0.25) is 0 Å². The average Bonchev–Trinajstić information content (AvgIpc) is 2.77. The predicted octanol–water partition coefficient (Wildman–Crippen LogP) is 4.24. The number of para-hydroxylation sites is 1. The largest absolute Gasteiger partial charge is 0.457 e. The van der Waals surface area contributed by atoms with Gasteiger partial charge in [-0.2, -0.15) is 4.98 Å². The predicted molar refractivity (Wildman–Crippen MR) is 111 cm³/mol. The van der Waals surface area contributed by atoms with Crippen LogP contribution in [0.4, 0.5) is 21.8 Å². The molecule has 30 heavy (non-hydrogen) atoms. The first-order valence-corrected chi connectivity index (χ1v) is 9.43. The number of nitrogens with zero attached hydrogens (tertiary/aromatic N) is 2. The van der Waals surface area contributed by atoms with Crippen LogP contribution in [0.25, 0.3) is 0 Å². The number of hydrogen-bond donors (Lipinski definition) is 4. The van der Waals surface area contributed by atoms with Gasteiger partial charge >= 0.3 is 0 Å². The Bertz CT molecular complexity index is 955. The van der Waals surface area contributed by atoms with Crippen LogP contribution in [-0.4, -0.2) is 27.6 Å². The lowest BCUT2D eigenvalue weighted by molar-refractivity contribution is -0.129. The van der Waals surface area contributed by atoms with E-state index in [2.05, 4.69) is 20.6 Å². The summed E-state index contributed by atoms with van der Waals surface area (Å²) in [6.45, 7) is 0.428. The summed E-state index contributed by atoms with van der Waals surface area (Å²) < 4.78 is 19.7. The first-order valence-electron chi connectivity index (χ1n) is 9.43. The Kier molecular flexibility index (Phi) is 7.51. The summed E-state index contributed by atoms with van der Waals surface area (Å²) in [6.07, 6.45) is 2.45. The highest BCUT2D eigenvalue weighted by atomic mass is 19.1. The summed E-state index contributed by atoms with van der Waals surface area (Å²) in [7, 11) is 0. The summed E-state index contributed by atoms with van der Waals surface area (Å²) in [5, 5.41) is 14.4. The Labute approximate surface area is 173 Å². The third-order valence-corrected chi connectivity index (χ3v) is 4.08. The minimum absolute atomic E-state index is 0.0724. The molecule has 2 aromatic carbocycles. The van der Waals surface area contributed by atoms with Crippen LogP contribution in [-0.2, 0) is 4.79 Å². The molecule has 9 heteroatoms. The second-order valence-electron chi connectivity index (χ2n) is 6.37. The summed E-state index contributed by atoms with van der Waals surface area (Å²) in [4.78, 5) is 19.1. The van der Waals surface area contributed by atoms with Crippen molar-refractivity contribution >= 4 is 23.4 Å². The number of unbranched alkanes of at least 4 members (excludes halogenated alkanes) is 1. The van der Waals surface area contributed by atoms with Crippen molar-refractivity contribution in [3.05, 3.63) is 66.6 Å².